The van der Waals surface area contributed by atoms with Crippen LogP contribution in [0.3, 0.4) is 0 Å². The predicted molar refractivity (Wildman–Crippen MR) is 116 cm³/mol. The van der Waals surface area contributed by atoms with Gasteiger partial charge in [-0.2, -0.15) is 4.98 Å². The Morgan fingerprint density at radius 1 is 1.20 bits per heavy atom. The monoisotopic (exact) mass is 422 g/mol. The number of benzene rings is 2. The number of hydrogen-bond acceptors (Lipinski definition) is 7. The van der Waals surface area contributed by atoms with Crippen LogP contribution in [0.25, 0.3) is 11.3 Å². The maximum atomic E-state index is 12.8. The van der Waals surface area contributed by atoms with Crippen molar-refractivity contribution in [3.05, 3.63) is 53.6 Å². The van der Waals surface area contributed by atoms with E-state index in [0.29, 0.717) is 22.4 Å². The molecule has 1 aromatic heterocycles. The Kier molecular flexibility index (Phi) is 5.59. The quantitative estimate of drug-likeness (QED) is 0.576. The van der Waals surface area contributed by atoms with Crippen LogP contribution >= 0.6 is 11.8 Å². The summed E-state index contributed by atoms with van der Waals surface area (Å²) in [5.74, 6) is 1.75. The van der Waals surface area contributed by atoms with Gasteiger partial charge in [0.2, 0.25) is 23.2 Å². The normalized spacial score (nSPS) is 14.9. The number of thioether (sulfide) groups is 1. The number of nitrogens with zero attached hydrogens (tertiary/aromatic N) is 4. The lowest BCUT2D eigenvalue weighted by Crippen LogP contribution is -2.36. The zero-order chi connectivity index (χ0) is 21.3. The van der Waals surface area contributed by atoms with Gasteiger partial charge in [0.25, 0.3) is 0 Å². The molecule has 3 aromatic rings. The summed E-state index contributed by atoms with van der Waals surface area (Å²) >= 11 is 1.49. The third-order valence-electron chi connectivity index (χ3n) is 4.77. The summed E-state index contributed by atoms with van der Waals surface area (Å²) < 4.78 is 11.6. The van der Waals surface area contributed by atoms with Crippen LogP contribution < -0.4 is 14.4 Å². The number of anilines is 1. The van der Waals surface area contributed by atoms with Crippen molar-refractivity contribution in [3.63, 3.8) is 0 Å². The molecule has 0 saturated carbocycles. The predicted octanol–water partition coefficient (Wildman–Crippen LogP) is 4.41. The molecule has 0 aliphatic carbocycles. The van der Waals surface area contributed by atoms with E-state index in [2.05, 4.69) is 15.2 Å². The highest BCUT2D eigenvalue weighted by Gasteiger charge is 2.34. The number of methoxy groups -OCH3 is 1. The molecule has 1 aliphatic heterocycles. The molecule has 8 heteroatoms. The topological polar surface area (TPSA) is 77.4 Å². The van der Waals surface area contributed by atoms with Gasteiger partial charge in [-0.05, 0) is 49.1 Å². The summed E-state index contributed by atoms with van der Waals surface area (Å²) in [7, 11) is 1.61. The number of carbonyl (C=O) groups is 1. The molecule has 0 saturated heterocycles. The first-order valence-electron chi connectivity index (χ1n) is 9.60. The molecule has 1 aliphatic rings. The van der Waals surface area contributed by atoms with E-state index in [1.807, 2.05) is 56.3 Å². The lowest BCUT2D eigenvalue weighted by molar-refractivity contribution is -0.118. The smallest absolute Gasteiger partial charge is 0.247 e. The van der Waals surface area contributed by atoms with Gasteiger partial charge >= 0.3 is 0 Å². The average Bonchev–Trinajstić information content (AvgIpc) is 2.88. The summed E-state index contributed by atoms with van der Waals surface area (Å²) in [6.45, 7) is 5.54. The van der Waals surface area contributed by atoms with Gasteiger partial charge in [0.15, 0.2) is 5.69 Å². The lowest BCUT2D eigenvalue weighted by atomic mass is 10.0. The van der Waals surface area contributed by atoms with Crippen molar-refractivity contribution in [1.82, 2.24) is 15.2 Å². The molecule has 7 nitrogen and oxygen atoms in total. The Hall–Kier alpha value is -3.13. The Morgan fingerprint density at radius 2 is 1.97 bits per heavy atom. The summed E-state index contributed by atoms with van der Waals surface area (Å²) in [6.07, 6.45) is -0.702. The number of rotatable bonds is 4. The van der Waals surface area contributed by atoms with Crippen molar-refractivity contribution in [1.29, 1.82) is 0 Å². The zero-order valence-corrected chi connectivity index (χ0v) is 18.1. The number of amides is 1. The molecule has 0 fully saturated rings. The van der Waals surface area contributed by atoms with Crippen molar-refractivity contribution in [3.8, 4) is 22.9 Å². The molecule has 0 bridgehead atoms. The van der Waals surface area contributed by atoms with Gasteiger partial charge in [0, 0.05) is 18.1 Å². The summed E-state index contributed by atoms with van der Waals surface area (Å²) in [6, 6.07) is 13.3. The SMILES string of the molecule is CCSc1nnc2c(n1)O[C@H](c1ccc(OC)cc1)N(C(C)=O)c1ccc(C)cc1-2. The summed E-state index contributed by atoms with van der Waals surface area (Å²) in [5.41, 5.74) is 3.84. The van der Waals surface area contributed by atoms with Crippen LogP contribution in [0, 0.1) is 6.92 Å². The molecule has 2 heterocycles. The molecule has 30 heavy (non-hydrogen) atoms. The van der Waals surface area contributed by atoms with Crippen molar-refractivity contribution in [2.45, 2.75) is 32.2 Å². The van der Waals surface area contributed by atoms with E-state index in [9.17, 15) is 4.79 Å². The van der Waals surface area contributed by atoms with E-state index in [1.165, 1.54) is 18.7 Å². The fraction of sp³-hybridized carbons (Fsp3) is 0.273. The van der Waals surface area contributed by atoms with Gasteiger partial charge < -0.3 is 9.47 Å². The third-order valence-corrected chi connectivity index (χ3v) is 5.49. The van der Waals surface area contributed by atoms with Crippen LogP contribution in [0.15, 0.2) is 47.6 Å². The van der Waals surface area contributed by atoms with Gasteiger partial charge in [0.05, 0.1) is 12.8 Å². The van der Waals surface area contributed by atoms with Crippen molar-refractivity contribution in [2.75, 3.05) is 17.8 Å². The minimum atomic E-state index is -0.702. The maximum Gasteiger partial charge on any atom is 0.247 e. The van der Waals surface area contributed by atoms with Crippen LogP contribution in [0.4, 0.5) is 5.69 Å². The first kappa shape index (κ1) is 20.2. The molecule has 0 spiro atoms. The molecule has 0 N–H and O–H groups in total. The minimum Gasteiger partial charge on any atom is -0.497 e. The van der Waals surface area contributed by atoms with Crippen molar-refractivity contribution in [2.24, 2.45) is 0 Å². The van der Waals surface area contributed by atoms with E-state index < -0.39 is 6.23 Å². The first-order chi connectivity index (χ1) is 14.5. The van der Waals surface area contributed by atoms with Crippen LogP contribution in [0.5, 0.6) is 11.6 Å². The van der Waals surface area contributed by atoms with E-state index in [0.717, 1.165) is 28.2 Å². The number of aromatic nitrogens is 3. The standard InChI is InChI=1S/C22H22N4O3S/c1-5-30-22-23-20-19(24-25-22)17-12-13(2)6-11-18(17)26(14(3)27)21(29-20)15-7-9-16(28-4)10-8-15/h6-12,21H,5H2,1-4H3/t21-/m1/s1. The van der Waals surface area contributed by atoms with Gasteiger partial charge in [0.1, 0.15) is 5.75 Å². The molecule has 154 valence electrons. The minimum absolute atomic E-state index is 0.148. The Morgan fingerprint density at radius 3 is 2.63 bits per heavy atom. The number of hydrogen-bond donors (Lipinski definition) is 0. The highest BCUT2D eigenvalue weighted by molar-refractivity contribution is 7.99. The third kappa shape index (κ3) is 3.70. The van der Waals surface area contributed by atoms with E-state index >= 15 is 0 Å². The van der Waals surface area contributed by atoms with Gasteiger partial charge in [-0.25, -0.2) is 0 Å². The molecular weight excluding hydrogens is 400 g/mol. The molecule has 4 rings (SSSR count). The van der Waals surface area contributed by atoms with Crippen LogP contribution in [-0.4, -0.2) is 34.0 Å². The number of carbonyl (C=O) groups excluding carboxylic acids is 1. The van der Waals surface area contributed by atoms with Crippen LogP contribution in [0.2, 0.25) is 0 Å². The number of fused-ring (bicyclic) bond motifs is 3. The molecule has 1 atom stereocenters. The molecule has 0 radical (unpaired) electrons. The van der Waals surface area contributed by atoms with Gasteiger partial charge in [-0.3, -0.25) is 9.69 Å². The second kappa shape index (κ2) is 8.31. The zero-order valence-electron chi connectivity index (χ0n) is 17.2. The average molecular weight is 423 g/mol. The van der Waals surface area contributed by atoms with E-state index in [4.69, 9.17) is 9.47 Å². The molecule has 0 unspecified atom stereocenters. The maximum absolute atomic E-state index is 12.8. The van der Waals surface area contributed by atoms with E-state index in [1.54, 1.807) is 12.0 Å². The fourth-order valence-electron chi connectivity index (χ4n) is 3.39. The van der Waals surface area contributed by atoms with Gasteiger partial charge in [-0.1, -0.05) is 30.3 Å². The summed E-state index contributed by atoms with van der Waals surface area (Å²) in [4.78, 5) is 19.0. The van der Waals surface area contributed by atoms with Crippen LogP contribution in [0.1, 0.15) is 31.2 Å². The molecule has 2 aromatic carbocycles. The van der Waals surface area contributed by atoms with E-state index in [-0.39, 0.29) is 5.91 Å². The molecule has 1 amide bonds. The molecular formula is C22H22N4O3S. The second-order valence-corrected chi connectivity index (χ2v) is 8.07. The number of ether oxygens (including phenoxy) is 2. The van der Waals surface area contributed by atoms with Crippen LogP contribution in [-0.2, 0) is 4.79 Å². The number of aryl methyl sites for hydroxylation is 1. The Bertz CT molecular complexity index is 1090. The fourth-order valence-corrected chi connectivity index (χ4v) is 3.90. The Labute approximate surface area is 179 Å². The second-order valence-electron chi connectivity index (χ2n) is 6.83. The first-order valence-corrected chi connectivity index (χ1v) is 10.6. The highest BCUT2D eigenvalue weighted by atomic mass is 32.2. The van der Waals surface area contributed by atoms with Crippen molar-refractivity contribution >= 4 is 23.4 Å². The Balaban J connectivity index is 1.93. The lowest BCUT2D eigenvalue weighted by Gasteiger charge is -2.30. The summed E-state index contributed by atoms with van der Waals surface area (Å²) in [5, 5.41) is 9.19. The van der Waals surface area contributed by atoms with Crippen molar-refractivity contribution < 1.29 is 14.3 Å². The largest absolute Gasteiger partial charge is 0.497 e. The highest BCUT2D eigenvalue weighted by Crippen LogP contribution is 2.43. The van der Waals surface area contributed by atoms with Gasteiger partial charge in [-0.15, -0.1) is 10.2 Å².